The van der Waals surface area contributed by atoms with Gasteiger partial charge in [0.2, 0.25) is 5.91 Å². The Labute approximate surface area is 92.8 Å². The average molecular weight is 219 g/mol. The summed E-state index contributed by atoms with van der Waals surface area (Å²) in [6.45, 7) is 2.51. The van der Waals surface area contributed by atoms with Crippen LogP contribution in [0.25, 0.3) is 11.0 Å². The van der Waals surface area contributed by atoms with Crippen LogP contribution in [-0.4, -0.2) is 22.1 Å². The number of amides is 1. The zero-order valence-corrected chi connectivity index (χ0v) is 9.23. The molecule has 0 fully saturated rings. The normalized spacial score (nSPS) is 10.6. The molecule has 0 aromatic carbocycles. The molecule has 2 aromatic rings. The number of aromatic nitrogens is 2. The number of nitrogens with two attached hydrogens (primary N) is 1. The highest BCUT2D eigenvalue weighted by molar-refractivity contribution is 5.96. The maximum atomic E-state index is 11.0. The first-order valence-electron chi connectivity index (χ1n) is 5.01. The maximum absolute atomic E-state index is 11.0. The van der Waals surface area contributed by atoms with E-state index < -0.39 is 5.91 Å². The van der Waals surface area contributed by atoms with Crippen LogP contribution in [0.4, 0.5) is 0 Å². The van der Waals surface area contributed by atoms with Crippen LogP contribution in [0.1, 0.15) is 17.3 Å². The lowest BCUT2D eigenvalue weighted by Gasteiger charge is -2.03. The summed E-state index contributed by atoms with van der Waals surface area (Å²) in [6, 6.07) is 3.56. The molecule has 84 valence electrons. The van der Waals surface area contributed by atoms with Gasteiger partial charge in [0.25, 0.3) is 0 Å². The van der Waals surface area contributed by atoms with Crippen LogP contribution in [-0.2, 0) is 7.05 Å². The first kappa shape index (κ1) is 10.5. The molecule has 0 aliphatic heterocycles. The minimum Gasteiger partial charge on any atom is -0.479 e. The summed E-state index contributed by atoms with van der Waals surface area (Å²) in [4.78, 5) is 15.2. The second-order valence-corrected chi connectivity index (χ2v) is 3.48. The van der Waals surface area contributed by atoms with Gasteiger partial charge in [-0.2, -0.15) is 0 Å². The lowest BCUT2D eigenvalue weighted by Crippen LogP contribution is -2.11. The Balaban J connectivity index is 2.58. The van der Waals surface area contributed by atoms with E-state index in [-0.39, 0.29) is 0 Å². The number of hydrogen-bond donors (Lipinski definition) is 1. The van der Waals surface area contributed by atoms with Crippen LogP contribution >= 0.6 is 0 Å². The summed E-state index contributed by atoms with van der Waals surface area (Å²) in [5.41, 5.74) is 6.37. The molecule has 0 unspecified atom stereocenters. The van der Waals surface area contributed by atoms with Crippen molar-refractivity contribution in [3.05, 3.63) is 23.9 Å². The zero-order valence-electron chi connectivity index (χ0n) is 9.23. The molecule has 5 heteroatoms. The molecule has 2 heterocycles. The minimum absolute atomic E-state index is 0.404. The molecule has 0 aliphatic rings. The van der Waals surface area contributed by atoms with Gasteiger partial charge < -0.3 is 10.5 Å². The summed E-state index contributed by atoms with van der Waals surface area (Å²) in [5.74, 6) is 0.253. The topological polar surface area (TPSA) is 70.1 Å². The van der Waals surface area contributed by atoms with Crippen LogP contribution in [0.2, 0.25) is 0 Å². The molecular weight excluding hydrogens is 206 g/mol. The molecule has 2 aromatic heterocycles. The van der Waals surface area contributed by atoms with Crippen molar-refractivity contribution >= 4 is 16.9 Å². The smallest absolute Gasteiger partial charge is 0.250 e. The predicted octanol–water partition coefficient (Wildman–Crippen LogP) is 1.07. The fraction of sp³-hybridized carbons (Fsp3) is 0.273. The standard InChI is InChI=1S/C11H13N3O2/c1-3-16-9-5-7-4-8(10(12)15)6-13-11(7)14(9)2/h4-6H,3H2,1-2H3,(H2,12,15). The third kappa shape index (κ3) is 1.60. The lowest BCUT2D eigenvalue weighted by atomic mass is 10.2. The summed E-state index contributed by atoms with van der Waals surface area (Å²) in [6.07, 6.45) is 1.47. The summed E-state index contributed by atoms with van der Waals surface area (Å²) < 4.78 is 7.27. The van der Waals surface area contributed by atoms with Crippen LogP contribution in [0.5, 0.6) is 5.88 Å². The molecule has 0 bridgehead atoms. The Morgan fingerprint density at radius 3 is 2.94 bits per heavy atom. The minimum atomic E-state index is -0.476. The van der Waals surface area contributed by atoms with Gasteiger partial charge in [-0.3, -0.25) is 9.36 Å². The molecule has 2 N–H and O–H groups in total. The van der Waals surface area contributed by atoms with E-state index in [0.29, 0.717) is 12.2 Å². The second-order valence-electron chi connectivity index (χ2n) is 3.48. The molecule has 0 spiro atoms. The van der Waals surface area contributed by atoms with Crippen molar-refractivity contribution in [1.82, 2.24) is 9.55 Å². The zero-order chi connectivity index (χ0) is 11.7. The number of hydrogen-bond acceptors (Lipinski definition) is 3. The molecule has 0 saturated heterocycles. The molecule has 16 heavy (non-hydrogen) atoms. The van der Waals surface area contributed by atoms with Crippen molar-refractivity contribution in [3.8, 4) is 5.88 Å². The van der Waals surface area contributed by atoms with Crippen molar-refractivity contribution in [3.63, 3.8) is 0 Å². The molecule has 0 saturated carbocycles. The number of fused-ring (bicyclic) bond motifs is 1. The largest absolute Gasteiger partial charge is 0.479 e. The van der Waals surface area contributed by atoms with E-state index in [0.717, 1.165) is 16.9 Å². The summed E-state index contributed by atoms with van der Waals surface area (Å²) in [5, 5.41) is 0.849. The van der Waals surface area contributed by atoms with Gasteiger partial charge >= 0.3 is 0 Å². The quantitative estimate of drug-likeness (QED) is 0.839. The number of rotatable bonds is 3. The van der Waals surface area contributed by atoms with Gasteiger partial charge in [-0.25, -0.2) is 4.98 Å². The number of ether oxygens (including phenoxy) is 1. The molecule has 0 radical (unpaired) electrons. The van der Waals surface area contributed by atoms with Crippen LogP contribution in [0.15, 0.2) is 18.3 Å². The third-order valence-corrected chi connectivity index (χ3v) is 2.40. The average Bonchev–Trinajstić information content (AvgIpc) is 2.56. The van der Waals surface area contributed by atoms with E-state index >= 15 is 0 Å². The van der Waals surface area contributed by atoms with E-state index in [4.69, 9.17) is 10.5 Å². The highest BCUT2D eigenvalue weighted by Gasteiger charge is 2.09. The number of primary amides is 1. The SMILES string of the molecule is CCOc1cc2cc(C(N)=O)cnc2n1C. The number of nitrogens with zero attached hydrogens (tertiary/aromatic N) is 2. The van der Waals surface area contributed by atoms with Crippen molar-refractivity contribution in [1.29, 1.82) is 0 Å². The van der Waals surface area contributed by atoms with Gasteiger partial charge in [-0.05, 0) is 13.0 Å². The number of carbonyl (C=O) groups excluding carboxylic acids is 1. The fourth-order valence-electron chi connectivity index (χ4n) is 1.62. The lowest BCUT2D eigenvalue weighted by molar-refractivity contribution is 0.1000. The Bertz CT molecular complexity index is 545. The maximum Gasteiger partial charge on any atom is 0.250 e. The van der Waals surface area contributed by atoms with Gasteiger partial charge in [0, 0.05) is 24.7 Å². The van der Waals surface area contributed by atoms with Crippen molar-refractivity contribution < 1.29 is 9.53 Å². The fourth-order valence-corrected chi connectivity index (χ4v) is 1.62. The van der Waals surface area contributed by atoms with Crippen molar-refractivity contribution in [2.45, 2.75) is 6.92 Å². The number of pyridine rings is 1. The molecular formula is C11H13N3O2. The molecule has 0 atom stereocenters. The molecule has 5 nitrogen and oxygen atoms in total. The first-order chi connectivity index (χ1) is 7.63. The van der Waals surface area contributed by atoms with Crippen LogP contribution in [0, 0.1) is 0 Å². The highest BCUT2D eigenvalue weighted by Crippen LogP contribution is 2.23. The Kier molecular flexibility index (Phi) is 2.52. The third-order valence-electron chi connectivity index (χ3n) is 2.40. The number of aryl methyl sites for hydroxylation is 1. The van der Waals surface area contributed by atoms with Gasteiger partial charge in [0.05, 0.1) is 12.2 Å². The van der Waals surface area contributed by atoms with E-state index in [1.54, 1.807) is 6.07 Å². The van der Waals surface area contributed by atoms with Crippen molar-refractivity contribution in [2.75, 3.05) is 6.61 Å². The summed E-state index contributed by atoms with van der Waals surface area (Å²) in [7, 11) is 1.87. The first-order valence-corrected chi connectivity index (χ1v) is 5.01. The van der Waals surface area contributed by atoms with Gasteiger partial charge in [-0.1, -0.05) is 0 Å². The van der Waals surface area contributed by atoms with Crippen LogP contribution < -0.4 is 10.5 Å². The van der Waals surface area contributed by atoms with Crippen molar-refractivity contribution in [2.24, 2.45) is 12.8 Å². The van der Waals surface area contributed by atoms with Gasteiger partial charge in [0.15, 0.2) is 5.88 Å². The Morgan fingerprint density at radius 2 is 2.31 bits per heavy atom. The van der Waals surface area contributed by atoms with Gasteiger partial charge in [-0.15, -0.1) is 0 Å². The number of carbonyl (C=O) groups is 1. The predicted molar refractivity (Wildman–Crippen MR) is 60.4 cm³/mol. The molecule has 1 amide bonds. The molecule has 0 aliphatic carbocycles. The molecule has 2 rings (SSSR count). The van der Waals surface area contributed by atoms with E-state index in [9.17, 15) is 4.79 Å². The Hall–Kier alpha value is -2.04. The second kappa shape index (κ2) is 3.84. The highest BCUT2D eigenvalue weighted by atomic mass is 16.5. The van der Waals surface area contributed by atoms with E-state index in [1.807, 2.05) is 24.6 Å². The monoisotopic (exact) mass is 219 g/mol. The van der Waals surface area contributed by atoms with Crippen LogP contribution in [0.3, 0.4) is 0 Å². The van der Waals surface area contributed by atoms with E-state index in [2.05, 4.69) is 4.98 Å². The Morgan fingerprint density at radius 1 is 1.56 bits per heavy atom. The van der Waals surface area contributed by atoms with E-state index in [1.165, 1.54) is 6.20 Å². The van der Waals surface area contributed by atoms with Gasteiger partial charge in [0.1, 0.15) is 5.65 Å². The summed E-state index contributed by atoms with van der Waals surface area (Å²) >= 11 is 0.